The number of benzene rings is 1. The van der Waals surface area contributed by atoms with Gasteiger partial charge in [0.05, 0.1) is 13.2 Å². The van der Waals surface area contributed by atoms with Gasteiger partial charge in [0.2, 0.25) is 5.91 Å². The number of aryl methyl sites for hydroxylation is 1. The summed E-state index contributed by atoms with van der Waals surface area (Å²) in [5.41, 5.74) is 2.19. The second-order valence-electron chi connectivity index (χ2n) is 11.7. The Labute approximate surface area is 230 Å². The van der Waals surface area contributed by atoms with Crippen LogP contribution in [0.3, 0.4) is 0 Å². The molecule has 1 amide bonds. The Morgan fingerprint density at radius 3 is 2.50 bits per heavy atom. The highest BCUT2D eigenvalue weighted by atomic mass is 35.5. The van der Waals surface area contributed by atoms with E-state index >= 15 is 0 Å². The van der Waals surface area contributed by atoms with E-state index in [1.165, 1.54) is 0 Å². The van der Waals surface area contributed by atoms with Gasteiger partial charge in [0.1, 0.15) is 11.8 Å². The smallest absolute Gasteiger partial charge is 0.326 e. The number of ether oxygens (including phenoxy) is 1. The van der Waals surface area contributed by atoms with E-state index in [1.807, 2.05) is 31.2 Å². The summed E-state index contributed by atoms with van der Waals surface area (Å²) in [5.74, 6) is -0.854. The first-order chi connectivity index (χ1) is 18.0. The molecule has 1 saturated heterocycles. The molecule has 0 unspecified atom stereocenters. The normalized spacial score (nSPS) is 24.4. The van der Waals surface area contributed by atoms with E-state index < -0.39 is 23.5 Å². The lowest BCUT2D eigenvalue weighted by atomic mass is 9.72. The lowest BCUT2D eigenvalue weighted by Crippen LogP contribution is -2.49. The molecule has 0 bridgehead atoms. The first kappa shape index (κ1) is 28.4. The minimum atomic E-state index is -0.964. The fourth-order valence-corrected chi connectivity index (χ4v) is 6.68. The second kappa shape index (κ2) is 11.6. The molecule has 0 spiro atoms. The number of halogens is 1. The average Bonchev–Trinajstić information content (AvgIpc) is 3.24. The van der Waals surface area contributed by atoms with Crippen LogP contribution < -0.4 is 10.1 Å². The van der Waals surface area contributed by atoms with Crippen LogP contribution in [-0.4, -0.2) is 46.1 Å². The van der Waals surface area contributed by atoms with E-state index in [9.17, 15) is 14.7 Å². The number of aliphatic carboxylic acids is 1. The fourth-order valence-electron chi connectivity index (χ4n) is 6.51. The molecule has 38 heavy (non-hydrogen) atoms. The number of methoxy groups -OCH3 is 1. The van der Waals surface area contributed by atoms with Gasteiger partial charge >= 0.3 is 5.97 Å². The summed E-state index contributed by atoms with van der Waals surface area (Å²) in [6.45, 7) is 8.55. The van der Waals surface area contributed by atoms with Gasteiger partial charge in [0.15, 0.2) is 0 Å². The SMILES string of the molecule is COc1cc(Cl)ccc1CN[C@H]1[C@H](C(C)(C)C)[C@@H](C(=O)O)N(C(=O)C2CCCCC2)[C@H]1c1cccnc1C. The van der Waals surface area contributed by atoms with Gasteiger partial charge in [-0.15, -0.1) is 0 Å². The Kier molecular flexibility index (Phi) is 8.68. The number of carboxylic acids is 1. The molecule has 7 nitrogen and oxygen atoms in total. The molecule has 1 aromatic heterocycles. The molecule has 1 aliphatic carbocycles. The molecule has 2 aliphatic rings. The van der Waals surface area contributed by atoms with Crippen LogP contribution in [-0.2, 0) is 16.1 Å². The second-order valence-corrected chi connectivity index (χ2v) is 12.2. The van der Waals surface area contributed by atoms with Crippen LogP contribution in [0.4, 0.5) is 0 Å². The maximum atomic E-state index is 14.2. The summed E-state index contributed by atoms with van der Waals surface area (Å²) in [7, 11) is 1.61. The number of nitrogens with zero attached hydrogens (tertiary/aromatic N) is 2. The van der Waals surface area contributed by atoms with Crippen molar-refractivity contribution in [3.63, 3.8) is 0 Å². The number of pyridine rings is 1. The summed E-state index contributed by atoms with van der Waals surface area (Å²) in [6.07, 6.45) is 6.47. The number of aromatic nitrogens is 1. The van der Waals surface area contributed by atoms with E-state index in [0.717, 1.165) is 48.9 Å². The predicted molar refractivity (Wildman–Crippen MR) is 148 cm³/mol. The summed E-state index contributed by atoms with van der Waals surface area (Å²) in [5, 5.41) is 14.9. The molecule has 206 valence electrons. The third-order valence-corrected chi connectivity index (χ3v) is 8.51. The number of hydrogen-bond donors (Lipinski definition) is 2. The number of carboxylic acid groups (broad SMARTS) is 1. The molecule has 1 saturated carbocycles. The van der Waals surface area contributed by atoms with Crippen molar-refractivity contribution in [1.29, 1.82) is 0 Å². The van der Waals surface area contributed by atoms with Gasteiger partial charge in [-0.3, -0.25) is 9.78 Å². The summed E-state index contributed by atoms with van der Waals surface area (Å²) in [6, 6.07) is 7.60. The standard InChI is InChI=1S/C30H40ClN3O4/c1-18-22(12-9-15-32-18)26-25(33-17-20-13-14-21(31)16-23(20)38-5)24(30(2,3)4)27(29(36)37)34(26)28(35)19-10-7-6-8-11-19/h9,12-16,19,24-27,33H,6-8,10-11,17H2,1-5H3,(H,36,37)/t24-,25-,26-,27-/m0/s1. The van der Waals surface area contributed by atoms with Crippen molar-refractivity contribution in [3.05, 3.63) is 58.4 Å². The van der Waals surface area contributed by atoms with Crippen molar-refractivity contribution in [1.82, 2.24) is 15.2 Å². The molecule has 2 N–H and O–H groups in total. The molecule has 1 aliphatic heterocycles. The van der Waals surface area contributed by atoms with Gasteiger partial charge in [0.25, 0.3) is 0 Å². The first-order valence-electron chi connectivity index (χ1n) is 13.6. The molecule has 2 heterocycles. The van der Waals surface area contributed by atoms with E-state index in [1.54, 1.807) is 24.3 Å². The quantitative estimate of drug-likeness (QED) is 0.461. The van der Waals surface area contributed by atoms with Crippen molar-refractivity contribution in [2.75, 3.05) is 7.11 Å². The number of nitrogens with one attached hydrogen (secondary N) is 1. The molecule has 0 radical (unpaired) electrons. The van der Waals surface area contributed by atoms with Crippen molar-refractivity contribution in [3.8, 4) is 5.75 Å². The zero-order valence-electron chi connectivity index (χ0n) is 23.0. The van der Waals surface area contributed by atoms with Gasteiger partial charge in [-0.25, -0.2) is 4.79 Å². The molecule has 2 fully saturated rings. The molecule has 2 aromatic rings. The highest BCUT2D eigenvalue weighted by molar-refractivity contribution is 6.30. The number of likely N-dealkylation sites (tertiary alicyclic amines) is 1. The van der Waals surface area contributed by atoms with E-state index in [4.69, 9.17) is 16.3 Å². The maximum Gasteiger partial charge on any atom is 0.326 e. The monoisotopic (exact) mass is 541 g/mol. The van der Waals surface area contributed by atoms with Crippen molar-refractivity contribution in [2.45, 2.75) is 84.5 Å². The third kappa shape index (κ3) is 5.69. The molecular formula is C30H40ClN3O4. The Morgan fingerprint density at radius 1 is 1.18 bits per heavy atom. The van der Waals surface area contributed by atoms with Gasteiger partial charge in [0, 0.05) is 46.9 Å². The average molecular weight is 542 g/mol. The predicted octanol–water partition coefficient (Wildman–Crippen LogP) is 5.79. The fraction of sp³-hybridized carbons (Fsp3) is 0.567. The maximum absolute atomic E-state index is 14.2. The number of hydrogen-bond acceptors (Lipinski definition) is 5. The lowest BCUT2D eigenvalue weighted by molar-refractivity contribution is -0.154. The summed E-state index contributed by atoms with van der Waals surface area (Å²) >= 11 is 6.19. The highest BCUT2D eigenvalue weighted by Crippen LogP contribution is 2.49. The molecular weight excluding hydrogens is 502 g/mol. The van der Waals surface area contributed by atoms with Gasteiger partial charge < -0.3 is 20.1 Å². The number of carbonyl (C=O) groups is 2. The number of amides is 1. The van der Waals surface area contributed by atoms with Crippen LogP contribution in [0.2, 0.25) is 5.02 Å². The van der Waals surface area contributed by atoms with Crippen LogP contribution in [0, 0.1) is 24.2 Å². The minimum absolute atomic E-state index is 0.0482. The van der Waals surface area contributed by atoms with E-state index in [-0.39, 0.29) is 23.8 Å². The Bertz CT molecular complexity index is 1160. The zero-order chi connectivity index (χ0) is 27.6. The topological polar surface area (TPSA) is 91.8 Å². The lowest BCUT2D eigenvalue weighted by Gasteiger charge is -2.36. The summed E-state index contributed by atoms with van der Waals surface area (Å²) in [4.78, 5) is 33.5. The van der Waals surface area contributed by atoms with Crippen molar-refractivity contribution in [2.24, 2.45) is 17.3 Å². The van der Waals surface area contributed by atoms with E-state index in [2.05, 4.69) is 31.1 Å². The number of rotatable bonds is 7. The van der Waals surface area contributed by atoms with Gasteiger partial charge in [-0.2, -0.15) is 0 Å². The van der Waals surface area contributed by atoms with Gasteiger partial charge in [-0.05, 0) is 48.9 Å². The van der Waals surface area contributed by atoms with Crippen molar-refractivity contribution >= 4 is 23.5 Å². The number of carbonyl (C=O) groups excluding carboxylic acids is 1. The van der Waals surface area contributed by atoms with Gasteiger partial charge in [-0.1, -0.05) is 63.8 Å². The highest BCUT2D eigenvalue weighted by Gasteiger charge is 2.58. The van der Waals surface area contributed by atoms with Crippen LogP contribution >= 0.6 is 11.6 Å². The molecule has 8 heteroatoms. The first-order valence-corrected chi connectivity index (χ1v) is 13.9. The Morgan fingerprint density at radius 2 is 1.89 bits per heavy atom. The van der Waals surface area contributed by atoms with Crippen molar-refractivity contribution < 1.29 is 19.4 Å². The van der Waals surface area contributed by atoms with Crippen LogP contribution in [0.25, 0.3) is 0 Å². The minimum Gasteiger partial charge on any atom is -0.496 e. The zero-order valence-corrected chi connectivity index (χ0v) is 23.8. The summed E-state index contributed by atoms with van der Waals surface area (Å²) < 4.78 is 5.57. The Balaban J connectivity index is 1.83. The third-order valence-electron chi connectivity index (χ3n) is 8.27. The van der Waals surface area contributed by atoms with Crippen LogP contribution in [0.5, 0.6) is 5.75 Å². The van der Waals surface area contributed by atoms with Crippen LogP contribution in [0.15, 0.2) is 36.5 Å². The molecule has 4 atom stereocenters. The van der Waals surface area contributed by atoms with E-state index in [0.29, 0.717) is 17.3 Å². The largest absolute Gasteiger partial charge is 0.496 e. The molecule has 1 aromatic carbocycles. The van der Waals surface area contributed by atoms with Crippen LogP contribution in [0.1, 0.15) is 75.7 Å². The Hall–Kier alpha value is -2.64. The molecule has 4 rings (SSSR count).